The van der Waals surface area contributed by atoms with Crippen LogP contribution in [-0.2, 0) is 0 Å². The third-order valence-electron chi connectivity index (χ3n) is 3.71. The molecule has 1 saturated carbocycles. The van der Waals surface area contributed by atoms with Gasteiger partial charge in [-0.05, 0) is 25.1 Å². The van der Waals surface area contributed by atoms with Crippen molar-refractivity contribution in [1.82, 2.24) is 20.4 Å². The van der Waals surface area contributed by atoms with E-state index in [1.807, 2.05) is 16.9 Å². The van der Waals surface area contributed by atoms with Crippen LogP contribution in [0.4, 0.5) is 5.82 Å². The molecule has 2 fully saturated rings. The highest BCUT2D eigenvalue weighted by Crippen LogP contribution is 2.19. The number of nitrogens with zero attached hydrogens (tertiary/aromatic N) is 2. The van der Waals surface area contributed by atoms with Crippen molar-refractivity contribution in [3.63, 3.8) is 0 Å². The van der Waals surface area contributed by atoms with Gasteiger partial charge in [0.25, 0.3) is 0 Å². The summed E-state index contributed by atoms with van der Waals surface area (Å²) < 4.78 is 2.01. The first-order valence-electron chi connectivity index (χ1n) is 6.64. The lowest BCUT2D eigenvalue weighted by molar-refractivity contribution is 0.322. The first-order valence-corrected chi connectivity index (χ1v) is 7.05. The second-order valence-corrected chi connectivity index (χ2v) is 5.46. The third kappa shape index (κ3) is 2.49. The Morgan fingerprint density at radius 1 is 1.39 bits per heavy atom. The van der Waals surface area contributed by atoms with Crippen LogP contribution in [0.15, 0.2) is 12.3 Å². The predicted octanol–water partition coefficient (Wildman–Crippen LogP) is 1.26. The van der Waals surface area contributed by atoms with Crippen LogP contribution in [0.25, 0.3) is 0 Å². The van der Waals surface area contributed by atoms with Crippen LogP contribution < -0.4 is 16.0 Å². The van der Waals surface area contributed by atoms with Crippen LogP contribution >= 0.6 is 12.2 Å². The van der Waals surface area contributed by atoms with Gasteiger partial charge >= 0.3 is 0 Å². The second kappa shape index (κ2) is 5.24. The van der Waals surface area contributed by atoms with Crippen molar-refractivity contribution in [2.75, 3.05) is 18.4 Å². The van der Waals surface area contributed by atoms with Crippen molar-refractivity contribution in [2.24, 2.45) is 0 Å². The number of nitrogens with one attached hydrogen (secondary N) is 3. The van der Waals surface area contributed by atoms with Crippen molar-refractivity contribution >= 4 is 23.1 Å². The average Bonchev–Trinajstić information content (AvgIpc) is 2.89. The van der Waals surface area contributed by atoms with Crippen LogP contribution in [0.3, 0.4) is 0 Å². The van der Waals surface area contributed by atoms with Gasteiger partial charge in [0, 0.05) is 25.2 Å². The first-order chi connectivity index (χ1) is 8.83. The lowest BCUT2D eigenvalue weighted by Crippen LogP contribution is -2.44. The maximum Gasteiger partial charge on any atom is 0.172 e. The zero-order chi connectivity index (χ0) is 12.4. The molecule has 1 aromatic heterocycles. The highest BCUT2D eigenvalue weighted by atomic mass is 32.1. The predicted molar refractivity (Wildman–Crippen MR) is 75.7 cm³/mol. The lowest BCUT2D eigenvalue weighted by Gasteiger charge is -2.29. The van der Waals surface area contributed by atoms with Crippen LogP contribution in [0.5, 0.6) is 0 Å². The van der Waals surface area contributed by atoms with E-state index in [1.165, 1.54) is 25.7 Å². The molecule has 0 amide bonds. The minimum atomic E-state index is 0.455. The Kier molecular flexibility index (Phi) is 3.47. The molecule has 2 heterocycles. The molecule has 1 aliphatic heterocycles. The second-order valence-electron chi connectivity index (χ2n) is 5.05. The number of aromatic nitrogens is 2. The molecular weight excluding hydrogens is 246 g/mol. The SMILES string of the molecule is S=C(Nc1ccnn1C1CNC1)NC1CCCC1. The lowest BCUT2D eigenvalue weighted by atomic mass is 10.2. The summed E-state index contributed by atoms with van der Waals surface area (Å²) in [6.45, 7) is 1.97. The number of anilines is 1. The monoisotopic (exact) mass is 265 g/mol. The van der Waals surface area contributed by atoms with Gasteiger partial charge in [0.1, 0.15) is 5.82 Å². The topological polar surface area (TPSA) is 53.9 Å². The fourth-order valence-electron chi connectivity index (χ4n) is 2.56. The third-order valence-corrected chi connectivity index (χ3v) is 3.93. The molecule has 98 valence electrons. The molecule has 5 nitrogen and oxygen atoms in total. The Bertz CT molecular complexity index is 420. The Balaban J connectivity index is 1.57. The van der Waals surface area contributed by atoms with E-state index in [0.717, 1.165) is 24.0 Å². The van der Waals surface area contributed by atoms with E-state index in [9.17, 15) is 0 Å². The summed E-state index contributed by atoms with van der Waals surface area (Å²) in [6, 6.07) is 2.98. The van der Waals surface area contributed by atoms with Gasteiger partial charge in [-0.25, -0.2) is 4.68 Å². The molecule has 2 aliphatic rings. The largest absolute Gasteiger partial charge is 0.360 e. The summed E-state index contributed by atoms with van der Waals surface area (Å²) in [6.07, 6.45) is 6.90. The van der Waals surface area contributed by atoms with Gasteiger partial charge in [-0.15, -0.1) is 0 Å². The highest BCUT2D eigenvalue weighted by molar-refractivity contribution is 7.80. The molecule has 0 radical (unpaired) electrons. The Morgan fingerprint density at radius 2 is 2.17 bits per heavy atom. The molecule has 0 atom stereocenters. The zero-order valence-electron chi connectivity index (χ0n) is 10.4. The van der Waals surface area contributed by atoms with E-state index in [4.69, 9.17) is 12.2 Å². The maximum atomic E-state index is 5.36. The van der Waals surface area contributed by atoms with Gasteiger partial charge in [0.2, 0.25) is 0 Å². The molecule has 1 aromatic rings. The van der Waals surface area contributed by atoms with E-state index in [2.05, 4.69) is 21.0 Å². The minimum Gasteiger partial charge on any atom is -0.360 e. The number of thiocarbonyl (C=S) groups is 1. The van der Waals surface area contributed by atoms with E-state index >= 15 is 0 Å². The van der Waals surface area contributed by atoms with Crippen molar-refractivity contribution in [1.29, 1.82) is 0 Å². The fraction of sp³-hybridized carbons (Fsp3) is 0.667. The molecule has 3 rings (SSSR count). The summed E-state index contributed by atoms with van der Waals surface area (Å²) in [5.74, 6) is 0.983. The van der Waals surface area contributed by atoms with Crippen molar-refractivity contribution in [2.45, 2.75) is 37.8 Å². The van der Waals surface area contributed by atoms with E-state index in [1.54, 1.807) is 0 Å². The minimum absolute atomic E-state index is 0.455. The van der Waals surface area contributed by atoms with Crippen molar-refractivity contribution in [3.05, 3.63) is 12.3 Å². The molecule has 6 heteroatoms. The molecular formula is C12H19N5S. The fourth-order valence-corrected chi connectivity index (χ4v) is 2.83. The average molecular weight is 265 g/mol. The molecule has 3 N–H and O–H groups in total. The summed E-state index contributed by atoms with van der Waals surface area (Å²) >= 11 is 5.36. The Morgan fingerprint density at radius 3 is 2.83 bits per heavy atom. The maximum absolute atomic E-state index is 5.36. The van der Waals surface area contributed by atoms with Crippen LogP contribution in [0, 0.1) is 0 Å². The van der Waals surface area contributed by atoms with Gasteiger partial charge < -0.3 is 16.0 Å². The summed E-state index contributed by atoms with van der Waals surface area (Å²) in [4.78, 5) is 0. The van der Waals surface area contributed by atoms with E-state index in [0.29, 0.717) is 12.1 Å². The van der Waals surface area contributed by atoms with Crippen LogP contribution in [-0.4, -0.2) is 34.0 Å². The summed E-state index contributed by atoms with van der Waals surface area (Å²) in [5.41, 5.74) is 0. The highest BCUT2D eigenvalue weighted by Gasteiger charge is 2.22. The molecule has 0 aromatic carbocycles. The standard InChI is InChI=1S/C12H19N5S/c18-12(15-9-3-1-2-4-9)16-11-5-6-14-17(11)10-7-13-8-10/h5-6,9-10,13H,1-4,7-8H2,(H2,15,16,18). The normalized spacial score (nSPS) is 20.7. The van der Waals surface area contributed by atoms with Gasteiger partial charge in [-0.1, -0.05) is 12.8 Å². The molecule has 1 aliphatic carbocycles. The van der Waals surface area contributed by atoms with Gasteiger partial charge in [0.05, 0.1) is 12.2 Å². The summed E-state index contributed by atoms with van der Waals surface area (Å²) in [7, 11) is 0. The van der Waals surface area contributed by atoms with E-state index in [-0.39, 0.29) is 0 Å². The molecule has 0 spiro atoms. The Labute approximate surface area is 112 Å². The number of hydrogen-bond donors (Lipinski definition) is 3. The molecule has 0 bridgehead atoms. The zero-order valence-corrected chi connectivity index (χ0v) is 11.2. The van der Waals surface area contributed by atoms with Crippen LogP contribution in [0.1, 0.15) is 31.7 Å². The molecule has 1 saturated heterocycles. The van der Waals surface area contributed by atoms with Gasteiger partial charge in [-0.3, -0.25) is 0 Å². The van der Waals surface area contributed by atoms with Crippen molar-refractivity contribution in [3.8, 4) is 0 Å². The summed E-state index contributed by atoms with van der Waals surface area (Å²) in [5, 5.41) is 15.0. The smallest absolute Gasteiger partial charge is 0.172 e. The van der Waals surface area contributed by atoms with Gasteiger partial charge in [-0.2, -0.15) is 5.10 Å². The Hall–Kier alpha value is -1.14. The number of hydrogen-bond acceptors (Lipinski definition) is 3. The van der Waals surface area contributed by atoms with Crippen LogP contribution in [0.2, 0.25) is 0 Å². The quantitative estimate of drug-likeness (QED) is 0.718. The first kappa shape index (κ1) is 11.9. The molecule has 18 heavy (non-hydrogen) atoms. The van der Waals surface area contributed by atoms with E-state index < -0.39 is 0 Å². The molecule has 0 unspecified atom stereocenters. The van der Waals surface area contributed by atoms with Crippen molar-refractivity contribution < 1.29 is 0 Å². The van der Waals surface area contributed by atoms with Gasteiger partial charge in [0.15, 0.2) is 5.11 Å². The number of rotatable bonds is 3.